The molecule has 1 aromatic heterocycles. The van der Waals surface area contributed by atoms with Crippen molar-refractivity contribution in [2.75, 3.05) is 11.9 Å². The molecule has 0 aliphatic carbocycles. The first-order chi connectivity index (χ1) is 13.9. The summed E-state index contributed by atoms with van der Waals surface area (Å²) in [6, 6.07) is 12.2. The molecule has 1 heterocycles. The number of hydrogen-bond acceptors (Lipinski definition) is 6. The van der Waals surface area contributed by atoms with Crippen molar-refractivity contribution < 1.29 is 24.2 Å². The first-order valence-electron chi connectivity index (χ1n) is 8.71. The molecule has 0 unspecified atom stereocenters. The summed E-state index contributed by atoms with van der Waals surface area (Å²) in [6.45, 7) is 1.48. The van der Waals surface area contributed by atoms with Crippen molar-refractivity contribution in [3.63, 3.8) is 0 Å². The monoisotopic (exact) mass is 395 g/mol. The van der Waals surface area contributed by atoms with E-state index in [-0.39, 0.29) is 23.1 Å². The quantitative estimate of drug-likeness (QED) is 0.610. The van der Waals surface area contributed by atoms with Gasteiger partial charge in [0.15, 0.2) is 5.69 Å². The zero-order valence-corrected chi connectivity index (χ0v) is 15.4. The van der Waals surface area contributed by atoms with Crippen molar-refractivity contribution >= 4 is 34.3 Å². The summed E-state index contributed by atoms with van der Waals surface area (Å²) in [7, 11) is 0. The van der Waals surface area contributed by atoms with Gasteiger partial charge in [0.05, 0.1) is 17.6 Å². The van der Waals surface area contributed by atoms with Crippen LogP contribution in [0.2, 0.25) is 0 Å². The summed E-state index contributed by atoms with van der Waals surface area (Å²) in [4.78, 5) is 48.0. The highest BCUT2D eigenvalue weighted by Crippen LogP contribution is 2.14. The maximum atomic E-state index is 12.5. The highest BCUT2D eigenvalue weighted by molar-refractivity contribution is 6.01. The predicted molar refractivity (Wildman–Crippen MR) is 104 cm³/mol. The second-order valence-corrected chi connectivity index (χ2v) is 6.01. The van der Waals surface area contributed by atoms with E-state index in [9.17, 15) is 24.3 Å². The fourth-order valence-electron chi connectivity index (χ4n) is 2.74. The Morgan fingerprint density at radius 2 is 1.72 bits per heavy atom. The van der Waals surface area contributed by atoms with E-state index in [0.29, 0.717) is 11.3 Å². The normalized spacial score (nSPS) is 10.5. The molecule has 0 aliphatic rings. The summed E-state index contributed by atoms with van der Waals surface area (Å²) < 4.78 is 5.70. The maximum Gasteiger partial charge on any atom is 0.357 e. The zero-order chi connectivity index (χ0) is 21.0. The molecule has 0 radical (unpaired) electrons. The molecular weight excluding hydrogens is 378 g/mol. The molecular formula is C20H17N3O6. The number of aromatic carboxylic acids is 1. The molecule has 0 saturated heterocycles. The summed E-state index contributed by atoms with van der Waals surface area (Å²) in [5.74, 6) is -2.35. The summed E-state index contributed by atoms with van der Waals surface area (Å²) in [5.41, 5.74) is -0.149. The Labute approximate surface area is 164 Å². The Balaban J connectivity index is 1.81. The lowest BCUT2D eigenvalue weighted by atomic mass is 10.1. The second-order valence-electron chi connectivity index (χ2n) is 6.01. The molecule has 0 spiro atoms. The Morgan fingerprint density at radius 3 is 2.34 bits per heavy atom. The lowest BCUT2D eigenvalue weighted by molar-refractivity contribution is -0.117. The third-order valence-electron chi connectivity index (χ3n) is 4.04. The van der Waals surface area contributed by atoms with Gasteiger partial charge in [-0.2, -0.15) is 5.10 Å². The average molecular weight is 395 g/mol. The molecule has 0 bridgehead atoms. The van der Waals surface area contributed by atoms with E-state index in [1.54, 1.807) is 19.1 Å². The van der Waals surface area contributed by atoms with Crippen LogP contribution in [0.3, 0.4) is 0 Å². The molecule has 2 N–H and O–H groups in total. The van der Waals surface area contributed by atoms with E-state index in [1.807, 2.05) is 0 Å². The first kappa shape index (κ1) is 19.7. The fourth-order valence-corrected chi connectivity index (χ4v) is 2.74. The van der Waals surface area contributed by atoms with E-state index >= 15 is 0 Å². The standard InChI is InChI=1S/C20H17N3O6/c1-2-29-20(28)12-7-9-13(10-8-12)21-16(24)11-23-18(25)15-6-4-3-5-14(15)17(22-23)19(26)27/h3-10H,2,11H2,1H3,(H,21,24)(H,26,27). The zero-order valence-electron chi connectivity index (χ0n) is 15.4. The van der Waals surface area contributed by atoms with E-state index in [1.165, 1.54) is 36.4 Å². The maximum absolute atomic E-state index is 12.5. The summed E-state index contributed by atoms with van der Waals surface area (Å²) in [5, 5.41) is 16.1. The molecule has 9 nitrogen and oxygen atoms in total. The van der Waals surface area contributed by atoms with Crippen molar-refractivity contribution in [1.29, 1.82) is 0 Å². The number of anilines is 1. The van der Waals surface area contributed by atoms with Gasteiger partial charge in [0, 0.05) is 11.1 Å². The van der Waals surface area contributed by atoms with Gasteiger partial charge in [-0.15, -0.1) is 0 Å². The Kier molecular flexibility index (Phi) is 5.68. The number of esters is 1. The van der Waals surface area contributed by atoms with Gasteiger partial charge < -0.3 is 15.2 Å². The van der Waals surface area contributed by atoms with Crippen molar-refractivity contribution in [1.82, 2.24) is 9.78 Å². The Morgan fingerprint density at radius 1 is 1.07 bits per heavy atom. The van der Waals surface area contributed by atoms with E-state index < -0.39 is 29.9 Å². The van der Waals surface area contributed by atoms with Gasteiger partial charge in [-0.3, -0.25) is 9.59 Å². The Bertz CT molecular complexity index is 1150. The number of aromatic nitrogens is 2. The average Bonchev–Trinajstić information content (AvgIpc) is 2.70. The number of benzene rings is 2. The van der Waals surface area contributed by atoms with Crippen LogP contribution in [0.1, 0.15) is 27.8 Å². The molecule has 1 amide bonds. The number of carboxylic acids is 1. The van der Waals surface area contributed by atoms with Crippen LogP contribution in [0.15, 0.2) is 53.3 Å². The molecule has 0 fully saturated rings. The van der Waals surface area contributed by atoms with Gasteiger partial charge in [-0.25, -0.2) is 14.3 Å². The number of fused-ring (bicyclic) bond motifs is 1. The van der Waals surface area contributed by atoms with Gasteiger partial charge in [-0.05, 0) is 37.3 Å². The number of amides is 1. The molecule has 2 aromatic carbocycles. The van der Waals surface area contributed by atoms with Crippen LogP contribution in [-0.4, -0.2) is 39.3 Å². The van der Waals surface area contributed by atoms with Gasteiger partial charge in [0.1, 0.15) is 6.54 Å². The molecule has 29 heavy (non-hydrogen) atoms. The van der Waals surface area contributed by atoms with Crippen LogP contribution < -0.4 is 10.9 Å². The van der Waals surface area contributed by atoms with E-state index in [0.717, 1.165) is 4.68 Å². The van der Waals surface area contributed by atoms with Gasteiger partial charge in [-0.1, -0.05) is 18.2 Å². The van der Waals surface area contributed by atoms with Crippen LogP contribution in [0.25, 0.3) is 10.8 Å². The third-order valence-corrected chi connectivity index (χ3v) is 4.04. The minimum atomic E-state index is -1.30. The van der Waals surface area contributed by atoms with Gasteiger partial charge in [0.2, 0.25) is 5.91 Å². The minimum absolute atomic E-state index is 0.159. The van der Waals surface area contributed by atoms with Crippen molar-refractivity contribution in [2.24, 2.45) is 0 Å². The van der Waals surface area contributed by atoms with Crippen LogP contribution in [0, 0.1) is 0 Å². The lowest BCUT2D eigenvalue weighted by Crippen LogP contribution is -2.31. The van der Waals surface area contributed by atoms with E-state index in [2.05, 4.69) is 10.4 Å². The molecule has 0 aliphatic heterocycles. The lowest BCUT2D eigenvalue weighted by Gasteiger charge is -2.10. The number of carboxylic acid groups (broad SMARTS) is 1. The van der Waals surface area contributed by atoms with E-state index in [4.69, 9.17) is 4.74 Å². The number of carbonyl (C=O) groups is 3. The van der Waals surface area contributed by atoms with Crippen molar-refractivity contribution in [3.8, 4) is 0 Å². The number of carbonyl (C=O) groups excluding carboxylic acids is 2. The van der Waals surface area contributed by atoms with Gasteiger partial charge in [0.25, 0.3) is 5.56 Å². The topological polar surface area (TPSA) is 128 Å². The molecule has 3 rings (SSSR count). The molecule has 0 atom stereocenters. The first-order valence-corrected chi connectivity index (χ1v) is 8.71. The second kappa shape index (κ2) is 8.34. The molecule has 3 aromatic rings. The number of ether oxygens (including phenoxy) is 1. The Hall–Kier alpha value is -4.01. The SMILES string of the molecule is CCOC(=O)c1ccc(NC(=O)Cn2nc(C(=O)O)c3ccccc3c2=O)cc1. The predicted octanol–water partition coefficient (Wildman–Crippen LogP) is 1.91. The van der Waals surface area contributed by atoms with Crippen LogP contribution in [0.5, 0.6) is 0 Å². The molecule has 9 heteroatoms. The van der Waals surface area contributed by atoms with Gasteiger partial charge >= 0.3 is 11.9 Å². The van der Waals surface area contributed by atoms with Crippen molar-refractivity contribution in [2.45, 2.75) is 13.5 Å². The van der Waals surface area contributed by atoms with Crippen LogP contribution in [0.4, 0.5) is 5.69 Å². The smallest absolute Gasteiger partial charge is 0.357 e. The van der Waals surface area contributed by atoms with Crippen LogP contribution in [-0.2, 0) is 16.1 Å². The summed E-state index contributed by atoms with van der Waals surface area (Å²) in [6.07, 6.45) is 0. The number of nitrogens with one attached hydrogen (secondary N) is 1. The number of hydrogen-bond donors (Lipinski definition) is 2. The highest BCUT2D eigenvalue weighted by atomic mass is 16.5. The van der Waals surface area contributed by atoms with Crippen LogP contribution >= 0.6 is 0 Å². The largest absolute Gasteiger partial charge is 0.476 e. The molecule has 0 saturated carbocycles. The minimum Gasteiger partial charge on any atom is -0.476 e. The number of nitrogens with zero attached hydrogens (tertiary/aromatic N) is 2. The summed E-state index contributed by atoms with van der Waals surface area (Å²) >= 11 is 0. The number of rotatable bonds is 6. The fraction of sp³-hybridized carbons (Fsp3) is 0.150. The molecule has 148 valence electrons. The highest BCUT2D eigenvalue weighted by Gasteiger charge is 2.17. The van der Waals surface area contributed by atoms with Crippen molar-refractivity contribution in [3.05, 3.63) is 70.1 Å². The third kappa shape index (κ3) is 4.29.